The molecule has 2 aliphatic rings. The molecule has 2 heterocycles. The van der Waals surface area contributed by atoms with Crippen LogP contribution in [0.1, 0.15) is 0 Å². The highest BCUT2D eigenvalue weighted by Crippen LogP contribution is 2.35. The number of hydrogen-bond donors (Lipinski definition) is 3. The van der Waals surface area contributed by atoms with Crippen molar-refractivity contribution in [2.45, 2.75) is 5.25 Å². The van der Waals surface area contributed by atoms with Gasteiger partial charge in [0.15, 0.2) is 0 Å². The van der Waals surface area contributed by atoms with Gasteiger partial charge in [-0.05, 0) is 48.5 Å². The number of methoxy groups -OCH3 is 1. The molecule has 4 N–H and O–H groups in total. The van der Waals surface area contributed by atoms with Crippen molar-refractivity contribution in [2.75, 3.05) is 51.8 Å². The summed E-state index contributed by atoms with van der Waals surface area (Å²) < 4.78 is 11.5. The van der Waals surface area contributed by atoms with E-state index in [0.29, 0.717) is 48.5 Å². The Balaban J connectivity index is 1.53. The molecule has 0 saturated carbocycles. The van der Waals surface area contributed by atoms with Gasteiger partial charge in [0.2, 0.25) is 5.91 Å². The summed E-state index contributed by atoms with van der Waals surface area (Å²) in [5.41, 5.74) is 8.08. The Hall–Kier alpha value is -2.86. The predicted octanol–water partition coefficient (Wildman–Crippen LogP) is 2.90. The van der Waals surface area contributed by atoms with Crippen molar-refractivity contribution in [1.29, 1.82) is 0 Å². The maximum atomic E-state index is 13.2. The number of amides is 2. The average Bonchev–Trinajstić information content (AvgIpc) is 3.22. The maximum absolute atomic E-state index is 13.2. The number of thioether (sulfide) groups is 1. The van der Waals surface area contributed by atoms with Gasteiger partial charge < -0.3 is 25.8 Å². The first-order valence-electron chi connectivity index (χ1n) is 11.5. The second-order valence-corrected chi connectivity index (χ2v) is 10.2. The maximum Gasteiger partial charge on any atom is 0.255 e. The van der Waals surface area contributed by atoms with Crippen molar-refractivity contribution in [2.24, 2.45) is 10.7 Å². The summed E-state index contributed by atoms with van der Waals surface area (Å²) in [7, 11) is 1.59. The molecule has 11 heteroatoms. The van der Waals surface area contributed by atoms with Crippen molar-refractivity contribution in [3.8, 4) is 5.75 Å². The Labute approximate surface area is 222 Å². The van der Waals surface area contributed by atoms with Gasteiger partial charge in [-0.1, -0.05) is 27.7 Å². The molecular weight excluding hydrogens is 546 g/mol. The summed E-state index contributed by atoms with van der Waals surface area (Å²) in [6, 6.07) is 14.4. The molecule has 2 aliphatic heterocycles. The molecule has 4 rings (SSSR count). The van der Waals surface area contributed by atoms with Crippen molar-refractivity contribution >= 4 is 55.9 Å². The second kappa shape index (κ2) is 12.4. The van der Waals surface area contributed by atoms with Crippen molar-refractivity contribution in [3.05, 3.63) is 64.3 Å². The SMILES string of the molecule is COc1ccc(N=C2S[C@H](C(=O)Nc3ccc(Br)cc3)C(N)=C2C(=O)NCCN2CCOCC2)cc1. The van der Waals surface area contributed by atoms with Crippen molar-refractivity contribution in [1.82, 2.24) is 10.2 Å². The molecule has 9 nitrogen and oxygen atoms in total. The van der Waals surface area contributed by atoms with Crippen LogP contribution in [-0.2, 0) is 14.3 Å². The van der Waals surface area contributed by atoms with E-state index in [4.69, 9.17) is 15.2 Å². The Kier molecular flexibility index (Phi) is 9.03. The first-order valence-corrected chi connectivity index (χ1v) is 13.2. The lowest BCUT2D eigenvalue weighted by atomic mass is 10.1. The van der Waals surface area contributed by atoms with Crippen LogP contribution in [0.4, 0.5) is 11.4 Å². The lowest BCUT2D eigenvalue weighted by Gasteiger charge is -2.26. The van der Waals surface area contributed by atoms with E-state index in [1.165, 1.54) is 0 Å². The highest BCUT2D eigenvalue weighted by molar-refractivity contribution is 9.10. The lowest BCUT2D eigenvalue weighted by molar-refractivity contribution is -0.117. The quantitative estimate of drug-likeness (QED) is 0.444. The van der Waals surface area contributed by atoms with Crippen LogP contribution in [0.15, 0.2) is 69.3 Å². The van der Waals surface area contributed by atoms with Crippen LogP contribution in [-0.4, -0.2) is 73.5 Å². The highest BCUT2D eigenvalue weighted by atomic mass is 79.9. The fourth-order valence-corrected chi connectivity index (χ4v) is 5.13. The smallest absolute Gasteiger partial charge is 0.255 e. The number of benzene rings is 2. The zero-order chi connectivity index (χ0) is 25.5. The third-order valence-corrected chi connectivity index (χ3v) is 7.46. The van der Waals surface area contributed by atoms with E-state index in [0.717, 1.165) is 29.3 Å². The molecule has 0 bridgehead atoms. The third-order valence-electron chi connectivity index (χ3n) is 5.71. The first kappa shape index (κ1) is 26.2. The Morgan fingerprint density at radius 3 is 2.53 bits per heavy atom. The van der Waals surface area contributed by atoms with E-state index in [-0.39, 0.29) is 23.1 Å². The minimum Gasteiger partial charge on any atom is -0.497 e. The van der Waals surface area contributed by atoms with E-state index in [9.17, 15) is 9.59 Å². The molecule has 1 atom stereocenters. The molecule has 1 saturated heterocycles. The summed E-state index contributed by atoms with van der Waals surface area (Å²) in [6.07, 6.45) is 0. The van der Waals surface area contributed by atoms with Gasteiger partial charge >= 0.3 is 0 Å². The van der Waals surface area contributed by atoms with Crippen LogP contribution in [0.3, 0.4) is 0 Å². The fraction of sp³-hybridized carbons (Fsp3) is 0.320. The Morgan fingerprint density at radius 1 is 1.17 bits per heavy atom. The Bertz CT molecular complexity index is 1150. The molecule has 0 aliphatic carbocycles. The predicted molar refractivity (Wildman–Crippen MR) is 146 cm³/mol. The lowest BCUT2D eigenvalue weighted by Crippen LogP contribution is -2.42. The van der Waals surface area contributed by atoms with E-state index < -0.39 is 5.25 Å². The molecule has 1 fully saturated rings. The monoisotopic (exact) mass is 573 g/mol. The zero-order valence-corrected chi connectivity index (χ0v) is 22.2. The molecular formula is C25H28BrN5O4S. The number of carbonyl (C=O) groups is 2. The van der Waals surface area contributed by atoms with Gasteiger partial charge in [0, 0.05) is 42.0 Å². The number of hydrogen-bond acceptors (Lipinski definition) is 8. The molecule has 2 aromatic rings. The number of nitrogens with two attached hydrogens (primary N) is 1. The van der Waals surface area contributed by atoms with Gasteiger partial charge in [-0.2, -0.15) is 0 Å². The van der Waals surface area contributed by atoms with Crippen LogP contribution < -0.4 is 21.1 Å². The van der Waals surface area contributed by atoms with Crippen molar-refractivity contribution < 1.29 is 19.1 Å². The van der Waals surface area contributed by atoms with Crippen LogP contribution >= 0.6 is 27.7 Å². The van der Waals surface area contributed by atoms with E-state index >= 15 is 0 Å². The van der Waals surface area contributed by atoms with Gasteiger partial charge in [-0.3, -0.25) is 14.5 Å². The number of anilines is 1. The van der Waals surface area contributed by atoms with Crippen molar-refractivity contribution in [3.63, 3.8) is 0 Å². The molecule has 2 amide bonds. The topological polar surface area (TPSA) is 118 Å². The van der Waals surface area contributed by atoms with Crippen LogP contribution in [0.2, 0.25) is 0 Å². The average molecular weight is 575 g/mol. The van der Waals surface area contributed by atoms with Gasteiger partial charge in [0.25, 0.3) is 5.91 Å². The zero-order valence-electron chi connectivity index (χ0n) is 19.8. The summed E-state index contributed by atoms with van der Waals surface area (Å²) in [5, 5.41) is 5.43. The molecule has 0 spiro atoms. The highest BCUT2D eigenvalue weighted by Gasteiger charge is 2.38. The van der Waals surface area contributed by atoms with E-state index in [1.54, 1.807) is 43.5 Å². The number of carbonyl (C=O) groups excluding carboxylic acids is 2. The Morgan fingerprint density at radius 2 is 1.86 bits per heavy atom. The number of nitrogens with zero attached hydrogens (tertiary/aromatic N) is 2. The van der Waals surface area contributed by atoms with Crippen LogP contribution in [0.5, 0.6) is 5.75 Å². The van der Waals surface area contributed by atoms with E-state index in [2.05, 4.69) is 36.5 Å². The fourth-order valence-electron chi connectivity index (χ4n) is 3.75. The minimum atomic E-state index is -0.786. The molecule has 190 valence electrons. The van der Waals surface area contributed by atoms with E-state index in [1.807, 2.05) is 12.1 Å². The van der Waals surface area contributed by atoms with Gasteiger partial charge in [0.1, 0.15) is 16.0 Å². The molecule has 36 heavy (non-hydrogen) atoms. The minimum absolute atomic E-state index is 0.186. The number of aliphatic imine (C=N–C) groups is 1. The number of rotatable bonds is 8. The standard InChI is InChI=1S/C25H28BrN5O4S/c1-34-19-8-6-18(7-9-19)30-25-20(23(32)28-10-11-31-12-14-35-15-13-31)21(27)22(36-25)24(33)29-17-4-2-16(26)3-5-17/h2-9,22H,10-15,27H2,1H3,(H,28,32)(H,29,33)/t22-/m0/s1. The van der Waals surface area contributed by atoms with Crippen LogP contribution in [0.25, 0.3) is 0 Å². The summed E-state index contributed by atoms with van der Waals surface area (Å²) in [4.78, 5) is 33.2. The van der Waals surface area contributed by atoms with Gasteiger partial charge in [-0.25, -0.2) is 4.99 Å². The first-order chi connectivity index (χ1) is 17.4. The molecule has 0 aromatic heterocycles. The normalized spacial score (nSPS) is 19.4. The second-order valence-electron chi connectivity index (χ2n) is 8.15. The number of ether oxygens (including phenoxy) is 2. The summed E-state index contributed by atoms with van der Waals surface area (Å²) in [6.45, 7) is 4.20. The number of nitrogens with one attached hydrogen (secondary N) is 2. The molecule has 0 unspecified atom stereocenters. The third kappa shape index (κ3) is 6.67. The molecule has 0 radical (unpaired) electrons. The summed E-state index contributed by atoms with van der Waals surface area (Å²) >= 11 is 4.55. The molecule has 2 aromatic carbocycles. The number of halogens is 1. The number of morpholine rings is 1. The van der Waals surface area contributed by atoms with Crippen LogP contribution in [0, 0.1) is 0 Å². The largest absolute Gasteiger partial charge is 0.497 e. The van der Waals surface area contributed by atoms with Gasteiger partial charge in [0.05, 0.1) is 31.6 Å². The van der Waals surface area contributed by atoms with Gasteiger partial charge in [-0.15, -0.1) is 0 Å². The summed E-state index contributed by atoms with van der Waals surface area (Å²) in [5.74, 6) is 0.0266.